The summed E-state index contributed by atoms with van der Waals surface area (Å²) in [4.78, 5) is 0. The molecule has 1 saturated carbocycles. The lowest BCUT2D eigenvalue weighted by Gasteiger charge is -2.47. The van der Waals surface area contributed by atoms with Crippen molar-refractivity contribution in [1.82, 2.24) is 0 Å². The van der Waals surface area contributed by atoms with Crippen molar-refractivity contribution in [2.24, 2.45) is 5.41 Å². The van der Waals surface area contributed by atoms with Gasteiger partial charge in [0.05, 0.1) is 0 Å². The van der Waals surface area contributed by atoms with Crippen LogP contribution in [-0.4, -0.2) is 17.2 Å². The first kappa shape index (κ1) is 7.90. The van der Waals surface area contributed by atoms with E-state index >= 15 is 0 Å². The number of alkyl halides is 1. The predicted molar refractivity (Wildman–Crippen MR) is 47.7 cm³/mol. The molecular formula is C9H15FS. The highest BCUT2D eigenvalue weighted by atomic mass is 32.2. The van der Waals surface area contributed by atoms with Crippen LogP contribution in [0.25, 0.3) is 0 Å². The molecule has 0 radical (unpaired) electrons. The zero-order chi connectivity index (χ0) is 7.95. The first-order valence-corrected chi connectivity index (χ1v) is 5.54. The van der Waals surface area contributed by atoms with Gasteiger partial charge in [-0.1, -0.05) is 0 Å². The van der Waals surface area contributed by atoms with Gasteiger partial charge in [-0.2, -0.15) is 11.8 Å². The summed E-state index contributed by atoms with van der Waals surface area (Å²) in [5, 5.41) is 0. The second kappa shape index (κ2) is 2.38. The maximum Gasteiger partial charge on any atom is 0.108 e. The predicted octanol–water partition coefficient (Wildman–Crippen LogP) is 3.02. The molecule has 1 heterocycles. The van der Waals surface area contributed by atoms with Gasteiger partial charge in [-0.3, -0.25) is 0 Å². The lowest BCUT2D eigenvalue weighted by Crippen LogP contribution is -2.42. The largest absolute Gasteiger partial charge is 0.244 e. The minimum absolute atomic E-state index is 0.580. The van der Waals surface area contributed by atoms with Crippen LogP contribution in [0.5, 0.6) is 0 Å². The highest BCUT2D eigenvalue weighted by Gasteiger charge is 2.44. The molecule has 64 valence electrons. The molecule has 0 aromatic carbocycles. The van der Waals surface area contributed by atoms with Gasteiger partial charge in [-0.05, 0) is 49.5 Å². The molecular weight excluding hydrogens is 159 g/mol. The van der Waals surface area contributed by atoms with E-state index in [1.54, 1.807) is 6.92 Å². The summed E-state index contributed by atoms with van der Waals surface area (Å²) in [6, 6.07) is 0. The molecule has 0 aromatic heterocycles. The molecule has 1 saturated heterocycles. The van der Waals surface area contributed by atoms with Crippen LogP contribution in [-0.2, 0) is 0 Å². The topological polar surface area (TPSA) is 0 Å². The molecule has 0 atom stereocenters. The lowest BCUT2D eigenvalue weighted by molar-refractivity contribution is 0.0702. The average Bonchev–Trinajstić information content (AvgIpc) is 1.84. The van der Waals surface area contributed by atoms with Crippen LogP contribution >= 0.6 is 11.8 Å². The molecule has 0 aromatic rings. The van der Waals surface area contributed by atoms with E-state index in [-0.39, 0.29) is 0 Å². The molecule has 1 aliphatic heterocycles. The molecule has 1 spiro atoms. The Kier molecular flexibility index (Phi) is 1.71. The summed E-state index contributed by atoms with van der Waals surface area (Å²) in [5.74, 6) is 2.59. The van der Waals surface area contributed by atoms with E-state index in [9.17, 15) is 4.39 Å². The first-order valence-electron chi connectivity index (χ1n) is 4.39. The molecule has 2 fully saturated rings. The molecule has 2 heteroatoms. The summed E-state index contributed by atoms with van der Waals surface area (Å²) in [6.45, 7) is 1.76. The van der Waals surface area contributed by atoms with Gasteiger partial charge in [0.2, 0.25) is 0 Å². The Morgan fingerprint density at radius 3 is 2.00 bits per heavy atom. The fraction of sp³-hybridized carbons (Fsp3) is 1.00. The van der Waals surface area contributed by atoms with Crippen molar-refractivity contribution in [3.63, 3.8) is 0 Å². The van der Waals surface area contributed by atoms with Gasteiger partial charge in [0.25, 0.3) is 0 Å². The highest BCUT2D eigenvalue weighted by Crippen LogP contribution is 2.51. The van der Waals surface area contributed by atoms with Gasteiger partial charge in [0.1, 0.15) is 5.67 Å². The van der Waals surface area contributed by atoms with Gasteiger partial charge < -0.3 is 0 Å². The molecule has 2 rings (SSSR count). The van der Waals surface area contributed by atoms with E-state index in [0.29, 0.717) is 5.41 Å². The van der Waals surface area contributed by atoms with Crippen LogP contribution < -0.4 is 0 Å². The standard InChI is InChI=1S/C9H15FS/c1-8(10)2-4-9(5-3-8)6-11-7-9/h2-7H2,1H3. The Hall–Kier alpha value is 0.280. The van der Waals surface area contributed by atoms with E-state index in [1.165, 1.54) is 11.5 Å². The van der Waals surface area contributed by atoms with E-state index in [0.717, 1.165) is 25.7 Å². The van der Waals surface area contributed by atoms with Crippen LogP contribution in [0.2, 0.25) is 0 Å². The van der Waals surface area contributed by atoms with Crippen molar-refractivity contribution < 1.29 is 4.39 Å². The molecule has 11 heavy (non-hydrogen) atoms. The van der Waals surface area contributed by atoms with Crippen LogP contribution in [0.4, 0.5) is 4.39 Å². The van der Waals surface area contributed by atoms with Crippen LogP contribution in [0.3, 0.4) is 0 Å². The Morgan fingerprint density at radius 2 is 1.64 bits per heavy atom. The number of thioether (sulfide) groups is 1. The quantitative estimate of drug-likeness (QED) is 0.544. The van der Waals surface area contributed by atoms with E-state index in [1.807, 2.05) is 11.8 Å². The van der Waals surface area contributed by atoms with Crippen LogP contribution in [0.15, 0.2) is 0 Å². The number of hydrogen-bond donors (Lipinski definition) is 0. The highest BCUT2D eigenvalue weighted by molar-refractivity contribution is 8.00. The van der Waals surface area contributed by atoms with Crippen molar-refractivity contribution >= 4 is 11.8 Å². The summed E-state index contributed by atoms with van der Waals surface area (Å²) in [5.41, 5.74) is -0.262. The van der Waals surface area contributed by atoms with Gasteiger partial charge >= 0.3 is 0 Å². The molecule has 0 nitrogen and oxygen atoms in total. The van der Waals surface area contributed by atoms with Crippen molar-refractivity contribution in [2.75, 3.05) is 11.5 Å². The molecule has 1 aliphatic carbocycles. The maximum atomic E-state index is 13.4. The van der Waals surface area contributed by atoms with Crippen molar-refractivity contribution in [3.8, 4) is 0 Å². The zero-order valence-electron chi connectivity index (χ0n) is 7.03. The van der Waals surface area contributed by atoms with Gasteiger partial charge in [0.15, 0.2) is 0 Å². The summed E-state index contributed by atoms with van der Waals surface area (Å²) in [6.07, 6.45) is 3.86. The summed E-state index contributed by atoms with van der Waals surface area (Å²) < 4.78 is 13.4. The van der Waals surface area contributed by atoms with E-state index in [4.69, 9.17) is 0 Å². The van der Waals surface area contributed by atoms with E-state index < -0.39 is 5.67 Å². The SMILES string of the molecule is CC1(F)CCC2(CC1)CSC2. The smallest absolute Gasteiger partial charge is 0.108 e. The number of rotatable bonds is 0. The second-order valence-corrected chi connectivity index (χ2v) is 5.39. The Morgan fingerprint density at radius 1 is 1.09 bits per heavy atom. The molecule has 2 aliphatic rings. The van der Waals surface area contributed by atoms with Crippen molar-refractivity contribution in [2.45, 2.75) is 38.3 Å². The van der Waals surface area contributed by atoms with Crippen molar-refractivity contribution in [1.29, 1.82) is 0 Å². The third-order valence-electron chi connectivity index (χ3n) is 3.17. The molecule has 0 amide bonds. The Labute approximate surface area is 71.9 Å². The fourth-order valence-corrected chi connectivity index (χ4v) is 3.34. The molecule has 0 unspecified atom stereocenters. The molecule has 0 bridgehead atoms. The number of halogens is 1. The van der Waals surface area contributed by atoms with Crippen LogP contribution in [0, 0.1) is 5.41 Å². The molecule has 0 N–H and O–H groups in total. The zero-order valence-corrected chi connectivity index (χ0v) is 7.85. The van der Waals surface area contributed by atoms with Gasteiger partial charge in [0, 0.05) is 0 Å². The van der Waals surface area contributed by atoms with Crippen LogP contribution in [0.1, 0.15) is 32.6 Å². The average molecular weight is 174 g/mol. The normalized spacial score (nSPS) is 33.3. The number of hydrogen-bond acceptors (Lipinski definition) is 1. The lowest BCUT2D eigenvalue weighted by atomic mass is 9.71. The second-order valence-electron chi connectivity index (χ2n) is 4.41. The minimum Gasteiger partial charge on any atom is -0.244 e. The Bertz CT molecular complexity index is 149. The van der Waals surface area contributed by atoms with Crippen molar-refractivity contribution in [3.05, 3.63) is 0 Å². The summed E-state index contributed by atoms with van der Waals surface area (Å²) >= 11 is 2.02. The maximum absolute atomic E-state index is 13.4. The Balaban J connectivity index is 1.94. The van der Waals surface area contributed by atoms with Gasteiger partial charge in [-0.15, -0.1) is 0 Å². The summed E-state index contributed by atoms with van der Waals surface area (Å²) in [7, 11) is 0. The minimum atomic E-state index is -0.842. The van der Waals surface area contributed by atoms with Gasteiger partial charge in [-0.25, -0.2) is 4.39 Å². The third kappa shape index (κ3) is 1.42. The third-order valence-corrected chi connectivity index (χ3v) is 4.80. The monoisotopic (exact) mass is 174 g/mol. The fourth-order valence-electron chi connectivity index (χ4n) is 1.98. The first-order chi connectivity index (χ1) is 5.12. The van der Waals surface area contributed by atoms with E-state index in [2.05, 4.69) is 0 Å².